The molecule has 2 aromatic carbocycles. The summed E-state index contributed by atoms with van der Waals surface area (Å²) in [7, 11) is -3.70. The van der Waals surface area contributed by atoms with Crippen LogP contribution < -0.4 is 23.8 Å². The van der Waals surface area contributed by atoms with Crippen LogP contribution in [0.1, 0.15) is 13.8 Å². The van der Waals surface area contributed by atoms with Gasteiger partial charge in [-0.05, 0) is 38.1 Å². The van der Waals surface area contributed by atoms with Crippen LogP contribution >= 0.6 is 0 Å². The number of ether oxygens (including phenoxy) is 3. The molecule has 0 aromatic heterocycles. The van der Waals surface area contributed by atoms with E-state index in [1.165, 1.54) is 6.92 Å². The first-order chi connectivity index (χ1) is 13.9. The van der Waals surface area contributed by atoms with E-state index < -0.39 is 15.9 Å². The van der Waals surface area contributed by atoms with Crippen molar-refractivity contribution in [3.8, 4) is 17.2 Å². The molecule has 29 heavy (non-hydrogen) atoms. The Morgan fingerprint density at radius 1 is 1.10 bits per heavy atom. The van der Waals surface area contributed by atoms with E-state index >= 15 is 0 Å². The summed E-state index contributed by atoms with van der Waals surface area (Å²) in [5.74, 6) is 0.886. The highest BCUT2D eigenvalue weighted by atomic mass is 32.2. The first kappa shape index (κ1) is 20.8. The molecule has 0 bridgehead atoms. The van der Waals surface area contributed by atoms with Crippen LogP contribution in [-0.2, 0) is 14.8 Å². The maximum atomic E-state index is 12.7. The number of carbonyl (C=O) groups is 1. The van der Waals surface area contributed by atoms with E-state index in [0.717, 1.165) is 4.31 Å². The number of rotatable bonds is 8. The summed E-state index contributed by atoms with van der Waals surface area (Å²) in [4.78, 5) is 12.7. The minimum Gasteiger partial charge on any atom is -0.492 e. The van der Waals surface area contributed by atoms with E-state index in [1.807, 2.05) is 6.92 Å². The third-order valence-electron chi connectivity index (χ3n) is 4.26. The normalized spacial score (nSPS) is 12.9. The number of amides is 1. The zero-order valence-electron chi connectivity index (χ0n) is 16.4. The molecule has 0 aliphatic carbocycles. The summed E-state index contributed by atoms with van der Waals surface area (Å²) in [5.41, 5.74) is 0.819. The Labute approximate surface area is 170 Å². The zero-order valence-corrected chi connectivity index (χ0v) is 17.2. The first-order valence-electron chi connectivity index (χ1n) is 9.36. The molecule has 1 amide bonds. The smallest absolute Gasteiger partial charge is 0.245 e. The molecule has 0 atom stereocenters. The fourth-order valence-corrected chi connectivity index (χ4v) is 3.93. The lowest BCUT2D eigenvalue weighted by atomic mass is 10.2. The highest BCUT2D eigenvalue weighted by molar-refractivity contribution is 7.92. The Morgan fingerprint density at radius 3 is 2.55 bits per heavy atom. The number of nitrogens with zero attached hydrogens (tertiary/aromatic N) is 1. The standard InChI is InChI=1S/C20H24N2O6S/c1-3-26-17-8-6-5-7-16(17)21-20(23)14-22(29(24,25)4-2)15-9-10-18-19(13-15)28-12-11-27-18/h5-10,13H,3-4,11-12,14H2,1-2H3,(H,21,23). The molecule has 0 saturated heterocycles. The van der Waals surface area contributed by atoms with Crippen LogP contribution in [0.2, 0.25) is 0 Å². The second kappa shape index (κ2) is 9.04. The van der Waals surface area contributed by atoms with Gasteiger partial charge in [0.05, 0.1) is 23.7 Å². The first-order valence-corrected chi connectivity index (χ1v) is 11.0. The molecule has 8 nitrogen and oxygen atoms in total. The monoisotopic (exact) mass is 420 g/mol. The van der Waals surface area contributed by atoms with E-state index in [4.69, 9.17) is 14.2 Å². The summed E-state index contributed by atoms with van der Waals surface area (Å²) in [6, 6.07) is 11.8. The second-order valence-corrected chi connectivity index (χ2v) is 8.39. The second-order valence-electron chi connectivity index (χ2n) is 6.21. The van der Waals surface area contributed by atoms with Crippen molar-refractivity contribution in [1.82, 2.24) is 0 Å². The van der Waals surface area contributed by atoms with Crippen molar-refractivity contribution in [2.45, 2.75) is 13.8 Å². The molecular weight excluding hydrogens is 396 g/mol. The van der Waals surface area contributed by atoms with E-state index in [-0.39, 0.29) is 12.3 Å². The fraction of sp³-hybridized carbons (Fsp3) is 0.350. The van der Waals surface area contributed by atoms with Crippen molar-refractivity contribution in [3.05, 3.63) is 42.5 Å². The Morgan fingerprint density at radius 2 is 1.83 bits per heavy atom. The number of fused-ring (bicyclic) bond motifs is 1. The van der Waals surface area contributed by atoms with Crippen LogP contribution in [0, 0.1) is 0 Å². The molecule has 9 heteroatoms. The number of nitrogens with one attached hydrogen (secondary N) is 1. The molecule has 156 valence electrons. The highest BCUT2D eigenvalue weighted by Crippen LogP contribution is 2.35. The number of benzene rings is 2. The molecule has 3 rings (SSSR count). The van der Waals surface area contributed by atoms with Gasteiger partial charge in [0.25, 0.3) is 0 Å². The van der Waals surface area contributed by atoms with Crippen LogP contribution in [0.4, 0.5) is 11.4 Å². The van der Waals surface area contributed by atoms with Gasteiger partial charge >= 0.3 is 0 Å². The largest absolute Gasteiger partial charge is 0.492 e. The van der Waals surface area contributed by atoms with Crippen LogP contribution in [0.5, 0.6) is 17.2 Å². The van der Waals surface area contributed by atoms with Crippen LogP contribution in [0.15, 0.2) is 42.5 Å². The molecule has 0 saturated carbocycles. The number of sulfonamides is 1. The van der Waals surface area contributed by atoms with E-state index in [1.54, 1.807) is 42.5 Å². The number of hydrogen-bond acceptors (Lipinski definition) is 6. The van der Waals surface area contributed by atoms with Gasteiger partial charge in [-0.2, -0.15) is 0 Å². The van der Waals surface area contributed by atoms with Crippen LogP contribution in [-0.4, -0.2) is 46.4 Å². The Kier molecular flexibility index (Phi) is 6.48. The Balaban J connectivity index is 1.84. The van der Waals surface area contributed by atoms with Crippen molar-refractivity contribution in [3.63, 3.8) is 0 Å². The summed E-state index contributed by atoms with van der Waals surface area (Å²) in [5, 5.41) is 2.73. The van der Waals surface area contributed by atoms with Crippen molar-refractivity contribution in [2.75, 3.05) is 41.7 Å². The van der Waals surface area contributed by atoms with E-state index in [2.05, 4.69) is 5.32 Å². The summed E-state index contributed by atoms with van der Waals surface area (Å²) < 4.78 is 42.9. The fourth-order valence-electron chi connectivity index (χ4n) is 2.86. The van der Waals surface area contributed by atoms with Crippen LogP contribution in [0.3, 0.4) is 0 Å². The molecule has 1 heterocycles. The Bertz CT molecular complexity index is 977. The van der Waals surface area contributed by atoms with Gasteiger partial charge in [-0.1, -0.05) is 12.1 Å². The number of hydrogen-bond donors (Lipinski definition) is 1. The lowest BCUT2D eigenvalue weighted by Crippen LogP contribution is -2.39. The Hall–Kier alpha value is -2.94. The van der Waals surface area contributed by atoms with E-state index in [0.29, 0.717) is 48.4 Å². The van der Waals surface area contributed by atoms with Gasteiger partial charge in [0.1, 0.15) is 25.5 Å². The zero-order chi connectivity index (χ0) is 20.9. The topological polar surface area (TPSA) is 94.2 Å². The molecule has 0 unspecified atom stereocenters. The van der Waals surface area contributed by atoms with Gasteiger partial charge in [0.15, 0.2) is 11.5 Å². The summed E-state index contributed by atoms with van der Waals surface area (Å²) in [6.07, 6.45) is 0. The van der Waals surface area contributed by atoms with Crippen LogP contribution in [0.25, 0.3) is 0 Å². The van der Waals surface area contributed by atoms with E-state index in [9.17, 15) is 13.2 Å². The number of anilines is 2. The lowest BCUT2D eigenvalue weighted by molar-refractivity contribution is -0.114. The lowest BCUT2D eigenvalue weighted by Gasteiger charge is -2.25. The third-order valence-corrected chi connectivity index (χ3v) is 6.00. The average molecular weight is 420 g/mol. The van der Waals surface area contributed by atoms with Gasteiger partial charge in [-0.3, -0.25) is 9.10 Å². The van der Waals surface area contributed by atoms with Gasteiger partial charge < -0.3 is 19.5 Å². The predicted molar refractivity (Wildman–Crippen MR) is 110 cm³/mol. The maximum Gasteiger partial charge on any atom is 0.245 e. The highest BCUT2D eigenvalue weighted by Gasteiger charge is 2.25. The summed E-state index contributed by atoms with van der Waals surface area (Å²) in [6.45, 7) is 4.26. The minimum atomic E-state index is -3.70. The minimum absolute atomic E-state index is 0.149. The SMILES string of the molecule is CCOc1ccccc1NC(=O)CN(c1ccc2c(c1)OCCO2)S(=O)(=O)CC. The van der Waals surface area contributed by atoms with Crippen molar-refractivity contribution >= 4 is 27.3 Å². The van der Waals surface area contributed by atoms with Gasteiger partial charge in [0, 0.05) is 6.07 Å². The van der Waals surface area contributed by atoms with Gasteiger partial charge in [-0.25, -0.2) is 8.42 Å². The van der Waals surface area contributed by atoms with Gasteiger partial charge in [0.2, 0.25) is 15.9 Å². The molecule has 0 spiro atoms. The van der Waals surface area contributed by atoms with Crippen molar-refractivity contribution in [2.24, 2.45) is 0 Å². The number of carbonyl (C=O) groups excluding carboxylic acids is 1. The predicted octanol–water partition coefficient (Wildman–Crippen LogP) is 2.65. The molecule has 2 aromatic rings. The molecule has 1 N–H and O–H groups in total. The molecule has 0 fully saturated rings. The average Bonchev–Trinajstić information content (AvgIpc) is 2.73. The quantitative estimate of drug-likeness (QED) is 0.706. The third kappa shape index (κ3) is 4.92. The summed E-state index contributed by atoms with van der Waals surface area (Å²) >= 11 is 0. The molecular formula is C20H24N2O6S. The number of para-hydroxylation sites is 2. The molecule has 0 radical (unpaired) electrons. The van der Waals surface area contributed by atoms with Gasteiger partial charge in [-0.15, -0.1) is 0 Å². The maximum absolute atomic E-state index is 12.7. The van der Waals surface area contributed by atoms with Crippen molar-refractivity contribution < 1.29 is 27.4 Å². The molecule has 1 aliphatic heterocycles. The molecule has 1 aliphatic rings. The van der Waals surface area contributed by atoms with Crippen molar-refractivity contribution in [1.29, 1.82) is 0 Å².